The van der Waals surface area contributed by atoms with Crippen molar-refractivity contribution in [3.05, 3.63) is 34.9 Å². The lowest BCUT2D eigenvalue weighted by Gasteiger charge is -2.12. The molecule has 0 spiro atoms. The van der Waals surface area contributed by atoms with E-state index in [0.717, 1.165) is 5.56 Å². The van der Waals surface area contributed by atoms with E-state index in [-0.39, 0.29) is 4.75 Å². The van der Waals surface area contributed by atoms with Gasteiger partial charge in [0.25, 0.3) is 0 Å². The second kappa shape index (κ2) is 4.90. The molecular weight excluding hydrogens is 230 g/mol. The van der Waals surface area contributed by atoms with Crippen LogP contribution in [0.5, 0.6) is 0 Å². The Balaban J connectivity index is 2.84. The smallest absolute Gasteiger partial charge is 0.144 e. The van der Waals surface area contributed by atoms with Crippen LogP contribution in [-0.2, 0) is 11.0 Å². The van der Waals surface area contributed by atoms with E-state index < -0.39 is 11.0 Å². The summed E-state index contributed by atoms with van der Waals surface area (Å²) in [6, 6.07) is 7.34. The highest BCUT2D eigenvalue weighted by Gasteiger charge is 2.18. The molecule has 0 heterocycles. The Labute approximate surface area is 98.0 Å². The molecule has 82 valence electrons. The van der Waals surface area contributed by atoms with Crippen LogP contribution in [0, 0.1) is 0 Å². The van der Waals surface area contributed by atoms with E-state index >= 15 is 0 Å². The van der Waals surface area contributed by atoms with Gasteiger partial charge in [-0.2, -0.15) is 4.40 Å². The molecule has 0 aliphatic heterocycles. The summed E-state index contributed by atoms with van der Waals surface area (Å²) in [7, 11) is -1.24. The van der Waals surface area contributed by atoms with Crippen molar-refractivity contribution in [2.75, 3.05) is 0 Å². The highest BCUT2D eigenvalue weighted by molar-refractivity contribution is 7.85. The van der Waals surface area contributed by atoms with Crippen molar-refractivity contribution >= 4 is 28.8 Å². The van der Waals surface area contributed by atoms with Crippen molar-refractivity contribution in [2.45, 2.75) is 25.5 Å². The monoisotopic (exact) mass is 243 g/mol. The molecule has 1 rings (SSSR count). The lowest BCUT2D eigenvalue weighted by Crippen LogP contribution is -2.19. The average Bonchev–Trinajstić information content (AvgIpc) is 2.14. The molecule has 2 nitrogen and oxygen atoms in total. The molecule has 1 atom stereocenters. The number of halogens is 1. The maximum atomic E-state index is 11.6. The molecule has 4 heteroatoms. The summed E-state index contributed by atoms with van der Waals surface area (Å²) < 4.78 is 15.3. The first-order valence-corrected chi connectivity index (χ1v) is 6.10. The second-order valence-corrected chi connectivity index (χ2v) is 6.46. The van der Waals surface area contributed by atoms with Crippen molar-refractivity contribution in [2.24, 2.45) is 4.40 Å². The maximum absolute atomic E-state index is 11.6. The van der Waals surface area contributed by atoms with Gasteiger partial charge >= 0.3 is 0 Å². The van der Waals surface area contributed by atoms with Crippen molar-refractivity contribution < 1.29 is 4.21 Å². The molecule has 0 fully saturated rings. The predicted molar refractivity (Wildman–Crippen MR) is 66.9 cm³/mol. The van der Waals surface area contributed by atoms with E-state index in [1.165, 1.54) is 0 Å². The summed E-state index contributed by atoms with van der Waals surface area (Å²) in [6.45, 7) is 5.65. The Morgan fingerprint density at radius 1 is 1.33 bits per heavy atom. The summed E-state index contributed by atoms with van der Waals surface area (Å²) in [5, 5.41) is 0.618. The van der Waals surface area contributed by atoms with Gasteiger partial charge in [-0.3, -0.25) is 0 Å². The predicted octanol–water partition coefficient (Wildman–Crippen LogP) is 3.22. The quantitative estimate of drug-likeness (QED) is 0.734. The van der Waals surface area contributed by atoms with Gasteiger partial charge in [0.05, 0.1) is 4.75 Å². The molecule has 0 saturated heterocycles. The molecule has 0 saturated carbocycles. The minimum atomic E-state index is -1.24. The van der Waals surface area contributed by atoms with Crippen LogP contribution >= 0.6 is 11.6 Å². The zero-order chi connectivity index (χ0) is 11.5. The van der Waals surface area contributed by atoms with Gasteiger partial charge in [0.2, 0.25) is 0 Å². The third kappa shape index (κ3) is 3.76. The van der Waals surface area contributed by atoms with Crippen LogP contribution in [0.1, 0.15) is 26.3 Å². The standard InChI is InChI=1S/C11H14ClNOS/c1-11(2,3)15(14)13-8-9-6-4-5-7-10(9)12/h4-8H,1-3H3/b13-8+. The highest BCUT2D eigenvalue weighted by Crippen LogP contribution is 2.15. The average molecular weight is 244 g/mol. The largest absolute Gasteiger partial charge is 0.234 e. The van der Waals surface area contributed by atoms with Crippen LogP contribution in [0.25, 0.3) is 0 Å². The van der Waals surface area contributed by atoms with E-state index in [1.807, 2.05) is 39.0 Å². The molecule has 0 aromatic heterocycles. The summed E-state index contributed by atoms with van der Waals surface area (Å²) in [5.74, 6) is 0. The fraction of sp³-hybridized carbons (Fsp3) is 0.364. The maximum Gasteiger partial charge on any atom is 0.144 e. The molecular formula is C11H14ClNOS. The Kier molecular flexibility index (Phi) is 4.05. The third-order valence-electron chi connectivity index (χ3n) is 1.72. The summed E-state index contributed by atoms with van der Waals surface area (Å²) in [4.78, 5) is 0. The first kappa shape index (κ1) is 12.4. The fourth-order valence-corrected chi connectivity index (χ4v) is 1.55. The Bertz CT molecular complexity index is 396. The van der Waals surface area contributed by atoms with E-state index in [1.54, 1.807) is 12.3 Å². The van der Waals surface area contributed by atoms with Gasteiger partial charge in [0.15, 0.2) is 0 Å². The van der Waals surface area contributed by atoms with Crippen LogP contribution in [0.15, 0.2) is 28.7 Å². The highest BCUT2D eigenvalue weighted by atomic mass is 35.5. The van der Waals surface area contributed by atoms with Gasteiger partial charge in [0, 0.05) is 16.8 Å². The summed E-state index contributed by atoms with van der Waals surface area (Å²) >= 11 is 5.93. The minimum absolute atomic E-state index is 0.336. The summed E-state index contributed by atoms with van der Waals surface area (Å²) in [6.07, 6.45) is 1.56. The van der Waals surface area contributed by atoms with E-state index in [2.05, 4.69) is 4.40 Å². The Morgan fingerprint density at radius 2 is 1.93 bits per heavy atom. The van der Waals surface area contributed by atoms with Crippen LogP contribution in [0.4, 0.5) is 0 Å². The van der Waals surface area contributed by atoms with Gasteiger partial charge in [-0.1, -0.05) is 29.8 Å². The zero-order valence-electron chi connectivity index (χ0n) is 9.03. The van der Waals surface area contributed by atoms with Crippen LogP contribution < -0.4 is 0 Å². The molecule has 1 aromatic rings. The normalized spacial score (nSPS) is 14.4. The number of nitrogens with zero attached hydrogens (tertiary/aromatic N) is 1. The Morgan fingerprint density at radius 3 is 2.47 bits per heavy atom. The van der Waals surface area contributed by atoms with Gasteiger partial charge in [-0.15, -0.1) is 0 Å². The van der Waals surface area contributed by atoms with Crippen LogP contribution in [-0.4, -0.2) is 15.2 Å². The lowest BCUT2D eigenvalue weighted by molar-refractivity contribution is 0.651. The van der Waals surface area contributed by atoms with Gasteiger partial charge in [-0.25, -0.2) is 4.21 Å². The fourth-order valence-electron chi connectivity index (χ4n) is 0.843. The van der Waals surface area contributed by atoms with Gasteiger partial charge in [0.1, 0.15) is 11.0 Å². The van der Waals surface area contributed by atoms with E-state index in [4.69, 9.17) is 11.6 Å². The molecule has 0 radical (unpaired) electrons. The molecule has 0 N–H and O–H groups in total. The van der Waals surface area contributed by atoms with Crippen molar-refractivity contribution in [3.63, 3.8) is 0 Å². The number of hydrogen-bond acceptors (Lipinski definition) is 1. The molecule has 0 aliphatic rings. The molecule has 1 unspecified atom stereocenters. The van der Waals surface area contributed by atoms with Crippen LogP contribution in [0.3, 0.4) is 0 Å². The molecule has 15 heavy (non-hydrogen) atoms. The van der Waals surface area contributed by atoms with Crippen molar-refractivity contribution in [1.82, 2.24) is 0 Å². The summed E-state index contributed by atoms with van der Waals surface area (Å²) in [5.41, 5.74) is 0.789. The Hall–Kier alpha value is -0.670. The first-order chi connectivity index (χ1) is 6.91. The number of rotatable bonds is 2. The third-order valence-corrected chi connectivity index (χ3v) is 3.41. The number of hydrogen-bond donors (Lipinski definition) is 0. The molecule has 1 aromatic carbocycles. The topological polar surface area (TPSA) is 29.4 Å². The van der Waals surface area contributed by atoms with Crippen molar-refractivity contribution in [3.8, 4) is 0 Å². The number of benzene rings is 1. The minimum Gasteiger partial charge on any atom is -0.234 e. The van der Waals surface area contributed by atoms with E-state index in [0.29, 0.717) is 5.02 Å². The second-order valence-electron chi connectivity index (χ2n) is 4.12. The van der Waals surface area contributed by atoms with E-state index in [9.17, 15) is 4.21 Å². The molecule has 0 bridgehead atoms. The molecule has 0 amide bonds. The SMILES string of the molecule is CC(C)(C)S(=O)/N=C/c1ccccc1Cl. The van der Waals surface area contributed by atoms with Crippen molar-refractivity contribution in [1.29, 1.82) is 0 Å². The van der Waals surface area contributed by atoms with Gasteiger partial charge in [-0.05, 0) is 26.8 Å². The molecule has 0 aliphatic carbocycles. The lowest BCUT2D eigenvalue weighted by atomic mass is 10.2. The van der Waals surface area contributed by atoms with Crippen LogP contribution in [0.2, 0.25) is 5.02 Å². The van der Waals surface area contributed by atoms with Gasteiger partial charge < -0.3 is 0 Å². The first-order valence-electron chi connectivity index (χ1n) is 4.62. The zero-order valence-corrected chi connectivity index (χ0v) is 10.6.